The fraction of sp³-hybridized carbons (Fsp3) is 0.300. The molecule has 2 nitrogen and oxygen atoms in total. The van der Waals surface area contributed by atoms with E-state index in [1.54, 1.807) is 22.6 Å². The molecule has 7 heteroatoms. The first-order chi connectivity index (χ1) is 7.82. The Balaban J connectivity index is 3.33. The lowest BCUT2D eigenvalue weighted by Gasteiger charge is -2.12. The molecule has 0 atom stereocenters. The van der Waals surface area contributed by atoms with Gasteiger partial charge >= 0.3 is 6.61 Å². The molecule has 0 spiro atoms. The van der Waals surface area contributed by atoms with Crippen LogP contribution in [0.3, 0.4) is 0 Å². The summed E-state index contributed by atoms with van der Waals surface area (Å²) in [6, 6.07) is 1.88. The smallest absolute Gasteiger partial charge is 0.387 e. The Morgan fingerprint density at radius 1 is 1.29 bits per heavy atom. The van der Waals surface area contributed by atoms with Crippen molar-refractivity contribution in [1.82, 2.24) is 0 Å². The Hall–Kier alpha value is -0.860. The number of hydrogen-bond acceptors (Lipinski definition) is 2. The number of Topliss-reactive ketones (excluding diaryl/α,β-unsaturated/α-hetero) is 1. The highest BCUT2D eigenvalue weighted by Gasteiger charge is 2.20. The SMILES string of the molecule is CC(=O)c1cc(C(F)F)cc(I)c1OC(F)F. The summed E-state index contributed by atoms with van der Waals surface area (Å²) >= 11 is 1.57. The molecule has 0 radical (unpaired) electrons. The monoisotopic (exact) mass is 362 g/mol. The molecule has 94 valence electrons. The fourth-order valence-corrected chi connectivity index (χ4v) is 1.99. The molecule has 17 heavy (non-hydrogen) atoms. The Morgan fingerprint density at radius 3 is 2.29 bits per heavy atom. The van der Waals surface area contributed by atoms with Crippen molar-refractivity contribution in [3.8, 4) is 5.75 Å². The number of carbonyl (C=O) groups is 1. The van der Waals surface area contributed by atoms with Crippen LogP contribution in [0.15, 0.2) is 12.1 Å². The molecular formula is C10H7F4IO2. The Labute approximate surface area is 108 Å². The highest BCUT2D eigenvalue weighted by atomic mass is 127. The van der Waals surface area contributed by atoms with Gasteiger partial charge in [-0.2, -0.15) is 8.78 Å². The Bertz CT molecular complexity index is 435. The molecule has 0 heterocycles. The maximum atomic E-state index is 12.5. The number of carbonyl (C=O) groups excluding carboxylic acids is 1. The number of rotatable bonds is 4. The summed E-state index contributed by atoms with van der Waals surface area (Å²) in [6.07, 6.45) is -2.78. The van der Waals surface area contributed by atoms with Gasteiger partial charge in [0.15, 0.2) is 5.78 Å². The predicted molar refractivity (Wildman–Crippen MR) is 60.8 cm³/mol. The molecule has 0 aliphatic rings. The zero-order chi connectivity index (χ0) is 13.2. The molecule has 1 rings (SSSR count). The molecular weight excluding hydrogens is 355 g/mol. The van der Waals surface area contributed by atoms with Gasteiger partial charge in [-0.15, -0.1) is 0 Å². The lowest BCUT2D eigenvalue weighted by Crippen LogP contribution is -2.09. The van der Waals surface area contributed by atoms with Crippen LogP contribution in [0.2, 0.25) is 0 Å². The summed E-state index contributed by atoms with van der Waals surface area (Å²) < 4.78 is 53.4. The molecule has 0 fully saturated rings. The van der Waals surface area contributed by atoms with Crippen molar-refractivity contribution in [2.24, 2.45) is 0 Å². The molecule has 1 aromatic rings. The fourth-order valence-electron chi connectivity index (χ4n) is 1.21. The van der Waals surface area contributed by atoms with Crippen LogP contribution < -0.4 is 4.74 Å². The van der Waals surface area contributed by atoms with Crippen LogP contribution in [0, 0.1) is 3.57 Å². The van der Waals surface area contributed by atoms with E-state index in [0.29, 0.717) is 0 Å². The first-order valence-corrected chi connectivity index (χ1v) is 5.48. The summed E-state index contributed by atoms with van der Waals surface area (Å²) in [7, 11) is 0. The lowest BCUT2D eigenvalue weighted by molar-refractivity contribution is -0.0507. The molecule has 1 aromatic carbocycles. The third-order valence-electron chi connectivity index (χ3n) is 1.90. The van der Waals surface area contributed by atoms with Crippen molar-refractivity contribution in [2.75, 3.05) is 0 Å². The molecule has 0 unspecified atom stereocenters. The van der Waals surface area contributed by atoms with Crippen LogP contribution in [0.4, 0.5) is 17.6 Å². The van der Waals surface area contributed by atoms with E-state index in [0.717, 1.165) is 19.1 Å². The highest BCUT2D eigenvalue weighted by molar-refractivity contribution is 14.1. The normalized spacial score (nSPS) is 11.1. The van der Waals surface area contributed by atoms with Crippen LogP contribution >= 0.6 is 22.6 Å². The summed E-state index contributed by atoms with van der Waals surface area (Å²) in [6.45, 7) is -2.02. The second kappa shape index (κ2) is 5.65. The second-order valence-electron chi connectivity index (χ2n) is 3.11. The van der Waals surface area contributed by atoms with E-state index >= 15 is 0 Å². The van der Waals surface area contributed by atoms with Gasteiger partial charge in [-0.05, 0) is 41.6 Å². The molecule has 0 N–H and O–H groups in total. The summed E-state index contributed by atoms with van der Waals surface area (Å²) in [5, 5.41) is 0. The van der Waals surface area contributed by atoms with Gasteiger partial charge < -0.3 is 4.74 Å². The van der Waals surface area contributed by atoms with Crippen molar-refractivity contribution < 1.29 is 27.1 Å². The average molecular weight is 362 g/mol. The number of alkyl halides is 4. The first-order valence-electron chi connectivity index (χ1n) is 4.40. The number of hydrogen-bond donors (Lipinski definition) is 0. The van der Waals surface area contributed by atoms with Gasteiger partial charge in [-0.3, -0.25) is 4.79 Å². The molecule has 0 aromatic heterocycles. The molecule has 0 saturated heterocycles. The van der Waals surface area contributed by atoms with Crippen molar-refractivity contribution in [1.29, 1.82) is 0 Å². The summed E-state index contributed by atoms with van der Waals surface area (Å²) in [5.41, 5.74) is -0.672. The standard InChI is InChI=1S/C10H7F4IO2/c1-4(16)6-2-5(9(11)12)3-7(15)8(6)17-10(13)14/h2-3,9-10H,1H3. The van der Waals surface area contributed by atoms with Crippen LogP contribution in [0.1, 0.15) is 29.3 Å². The summed E-state index contributed by atoms with van der Waals surface area (Å²) in [5.74, 6) is -0.974. The zero-order valence-corrected chi connectivity index (χ0v) is 10.7. The van der Waals surface area contributed by atoms with Gasteiger partial charge in [0.05, 0.1) is 9.13 Å². The second-order valence-corrected chi connectivity index (χ2v) is 4.28. The maximum absolute atomic E-state index is 12.5. The molecule has 0 aliphatic heterocycles. The van der Waals surface area contributed by atoms with Crippen LogP contribution in [0.25, 0.3) is 0 Å². The topological polar surface area (TPSA) is 26.3 Å². The summed E-state index contributed by atoms with van der Waals surface area (Å²) in [4.78, 5) is 11.2. The van der Waals surface area contributed by atoms with Crippen molar-refractivity contribution in [3.05, 3.63) is 26.8 Å². The van der Waals surface area contributed by atoms with Gasteiger partial charge in [0.1, 0.15) is 5.75 Å². The van der Waals surface area contributed by atoms with E-state index in [9.17, 15) is 22.4 Å². The van der Waals surface area contributed by atoms with Gasteiger partial charge in [0.2, 0.25) is 0 Å². The van der Waals surface area contributed by atoms with Crippen molar-refractivity contribution >= 4 is 28.4 Å². The number of benzene rings is 1. The van der Waals surface area contributed by atoms with Gasteiger partial charge in [-0.25, -0.2) is 8.78 Å². The zero-order valence-electron chi connectivity index (χ0n) is 8.52. The minimum atomic E-state index is -3.11. The quantitative estimate of drug-likeness (QED) is 0.459. The third-order valence-corrected chi connectivity index (χ3v) is 2.71. The van der Waals surface area contributed by atoms with Crippen LogP contribution in [0.5, 0.6) is 5.75 Å². The minimum Gasteiger partial charge on any atom is -0.433 e. The highest BCUT2D eigenvalue weighted by Crippen LogP contribution is 2.32. The number of ether oxygens (including phenoxy) is 1. The molecule has 0 amide bonds. The largest absolute Gasteiger partial charge is 0.433 e. The van der Waals surface area contributed by atoms with E-state index in [4.69, 9.17) is 0 Å². The van der Waals surface area contributed by atoms with E-state index in [1.807, 2.05) is 0 Å². The number of halogens is 5. The van der Waals surface area contributed by atoms with Gasteiger partial charge in [0.25, 0.3) is 6.43 Å². The first kappa shape index (κ1) is 14.2. The van der Waals surface area contributed by atoms with Crippen molar-refractivity contribution in [2.45, 2.75) is 20.0 Å². The number of ketones is 1. The third kappa shape index (κ3) is 3.55. The lowest BCUT2D eigenvalue weighted by atomic mass is 10.1. The Kier molecular flexibility index (Phi) is 4.72. The maximum Gasteiger partial charge on any atom is 0.387 e. The van der Waals surface area contributed by atoms with Gasteiger partial charge in [-0.1, -0.05) is 0 Å². The van der Waals surface area contributed by atoms with E-state index in [-0.39, 0.29) is 14.9 Å². The van der Waals surface area contributed by atoms with E-state index < -0.39 is 24.4 Å². The molecule has 0 saturated carbocycles. The molecule has 0 bridgehead atoms. The van der Waals surface area contributed by atoms with E-state index in [1.165, 1.54) is 0 Å². The predicted octanol–water partition coefficient (Wildman–Crippen LogP) is 4.03. The van der Waals surface area contributed by atoms with Crippen LogP contribution in [-0.2, 0) is 0 Å². The molecule has 0 aliphatic carbocycles. The Morgan fingerprint density at radius 2 is 1.88 bits per heavy atom. The van der Waals surface area contributed by atoms with Gasteiger partial charge in [0, 0.05) is 5.56 Å². The van der Waals surface area contributed by atoms with Crippen molar-refractivity contribution in [3.63, 3.8) is 0 Å². The van der Waals surface area contributed by atoms with Crippen LogP contribution in [-0.4, -0.2) is 12.4 Å². The van der Waals surface area contributed by atoms with E-state index in [2.05, 4.69) is 4.74 Å². The average Bonchev–Trinajstić information content (AvgIpc) is 2.19. The minimum absolute atomic E-state index is 0.0471.